The first kappa shape index (κ1) is 96.0. The van der Waals surface area contributed by atoms with Gasteiger partial charge in [-0.05, 0) is 70.6 Å². The molecule has 17 unspecified atom stereocenters. The molecule has 0 saturated carbocycles. The van der Waals surface area contributed by atoms with E-state index in [4.69, 9.17) is 28.4 Å². The van der Waals surface area contributed by atoms with Crippen molar-refractivity contribution in [2.24, 2.45) is 0 Å². The average molecular weight is 1480 g/mol. The van der Waals surface area contributed by atoms with Crippen molar-refractivity contribution in [1.29, 1.82) is 0 Å². The minimum absolute atomic E-state index is 0.235. The number of amides is 1. The van der Waals surface area contributed by atoms with Crippen LogP contribution in [0.3, 0.4) is 0 Å². The summed E-state index contributed by atoms with van der Waals surface area (Å²) >= 11 is 0. The molecule has 3 heterocycles. The van der Waals surface area contributed by atoms with Gasteiger partial charge >= 0.3 is 0 Å². The highest BCUT2D eigenvalue weighted by atomic mass is 16.8. The van der Waals surface area contributed by atoms with E-state index in [0.717, 1.165) is 44.9 Å². The highest BCUT2D eigenvalue weighted by Gasteiger charge is 2.54. The van der Waals surface area contributed by atoms with Crippen LogP contribution in [-0.2, 0) is 33.2 Å². The van der Waals surface area contributed by atoms with Crippen molar-refractivity contribution in [2.75, 3.05) is 26.4 Å². The molecule has 0 bridgehead atoms. The molecular weight excluding hydrogens is 1320 g/mol. The lowest BCUT2D eigenvalue weighted by atomic mass is 9.96. The zero-order valence-electron chi connectivity index (χ0n) is 65.5. The van der Waals surface area contributed by atoms with E-state index in [1.165, 1.54) is 276 Å². The van der Waals surface area contributed by atoms with Crippen molar-refractivity contribution in [3.63, 3.8) is 0 Å². The van der Waals surface area contributed by atoms with Gasteiger partial charge in [0.05, 0.1) is 38.6 Å². The molecule has 0 aromatic rings. The molecule has 610 valence electrons. The number of hydrogen-bond acceptors (Lipinski definition) is 18. The van der Waals surface area contributed by atoms with Crippen LogP contribution in [0.1, 0.15) is 354 Å². The number of aliphatic hydroxyl groups excluding tert-OH is 11. The van der Waals surface area contributed by atoms with Gasteiger partial charge in [0.1, 0.15) is 73.2 Å². The summed E-state index contributed by atoms with van der Waals surface area (Å²) < 4.78 is 34.5. The first-order valence-corrected chi connectivity index (χ1v) is 42.9. The third kappa shape index (κ3) is 44.6. The molecule has 3 saturated heterocycles. The van der Waals surface area contributed by atoms with Crippen molar-refractivity contribution in [3.05, 3.63) is 48.6 Å². The fraction of sp³-hybridized carbons (Fsp3) is 0.894. The summed E-state index contributed by atoms with van der Waals surface area (Å²) in [5, 5.41) is 121. The topological polar surface area (TPSA) is 307 Å². The Kier molecular flexibility index (Phi) is 60.4. The van der Waals surface area contributed by atoms with Crippen LogP contribution in [0, 0.1) is 0 Å². The molecule has 0 spiro atoms. The van der Waals surface area contributed by atoms with E-state index in [2.05, 4.69) is 55.6 Å². The van der Waals surface area contributed by atoms with Gasteiger partial charge in [-0.3, -0.25) is 4.79 Å². The fourth-order valence-electron chi connectivity index (χ4n) is 14.5. The molecule has 3 rings (SSSR count). The molecule has 104 heavy (non-hydrogen) atoms. The SMILES string of the molecule is CCCCCCCCCC/C=C\CCCCCCCCCCCCCCCCCCCCCCCCCC(=O)NC(COC1OC(CO)C(OC2OC(CO)C(OC3OC(CO)C(O)C(O)C3O)C(O)C2O)C(O)C1O)C(O)/C=C/CC/C=C/CC/C=C/CCCCCCCCCCCCCCCC. The Bertz CT molecular complexity index is 2060. The molecule has 0 radical (unpaired) electrons. The van der Waals surface area contributed by atoms with Gasteiger partial charge in [-0.2, -0.15) is 0 Å². The van der Waals surface area contributed by atoms with E-state index in [0.29, 0.717) is 12.8 Å². The lowest BCUT2D eigenvalue weighted by Gasteiger charge is -2.48. The molecule has 19 heteroatoms. The summed E-state index contributed by atoms with van der Waals surface area (Å²) in [5.41, 5.74) is 0. The van der Waals surface area contributed by atoms with Gasteiger partial charge in [-0.25, -0.2) is 0 Å². The Morgan fingerprint density at radius 2 is 0.615 bits per heavy atom. The van der Waals surface area contributed by atoms with E-state index in [1.54, 1.807) is 6.08 Å². The summed E-state index contributed by atoms with van der Waals surface area (Å²) in [6.07, 6.45) is 56.9. The Balaban J connectivity index is 1.35. The minimum Gasteiger partial charge on any atom is -0.394 e. The maximum atomic E-state index is 13.5. The number of rotatable bonds is 69. The van der Waals surface area contributed by atoms with Crippen LogP contribution in [0.5, 0.6) is 0 Å². The van der Waals surface area contributed by atoms with Crippen LogP contribution < -0.4 is 5.32 Å². The molecule has 1 amide bonds. The van der Waals surface area contributed by atoms with Gasteiger partial charge in [0, 0.05) is 6.42 Å². The minimum atomic E-state index is -1.98. The number of ether oxygens (including phenoxy) is 6. The summed E-state index contributed by atoms with van der Waals surface area (Å²) in [5.74, 6) is -0.283. The maximum absolute atomic E-state index is 13.5. The van der Waals surface area contributed by atoms with Crippen molar-refractivity contribution >= 4 is 5.91 Å². The van der Waals surface area contributed by atoms with E-state index >= 15 is 0 Å². The standard InChI is InChI=1S/C85H157NO18/c1-3-5-7-9-11-13-15-17-19-21-23-25-27-29-30-31-32-33-34-35-36-37-38-39-41-43-45-47-49-51-53-55-57-59-61-63-73(91)86-68(69(90)62-60-58-56-54-52-50-48-46-44-42-40-28-26-24-22-20-18-16-14-12-10-8-6-4-2)67-99-83-79(97)76(94)81(71(65-88)101-83)104-85-80(98)77(95)82(72(66-89)102-85)103-84-78(96)75(93)74(92)70(64-87)100-84/h21,23,44,46,52,54,60,62,68-72,74-85,87-90,92-98H,3-20,22,24-43,45,47-51,53,55-59,61,63-67H2,1-2H3,(H,86,91)/b23-21-,46-44+,54-52+,62-60+. The monoisotopic (exact) mass is 1480 g/mol. The number of nitrogens with one attached hydrogen (secondary N) is 1. The molecule has 3 fully saturated rings. The zero-order chi connectivity index (χ0) is 75.3. The predicted octanol–water partition coefficient (Wildman–Crippen LogP) is 15.2. The van der Waals surface area contributed by atoms with Crippen molar-refractivity contribution in [2.45, 2.75) is 458 Å². The lowest BCUT2D eigenvalue weighted by molar-refractivity contribution is -0.379. The second-order valence-corrected chi connectivity index (χ2v) is 30.6. The largest absolute Gasteiger partial charge is 0.394 e. The van der Waals surface area contributed by atoms with Gasteiger partial charge in [-0.15, -0.1) is 0 Å². The van der Waals surface area contributed by atoms with E-state index in [9.17, 15) is 61.0 Å². The van der Waals surface area contributed by atoms with E-state index < -0.39 is 124 Å². The second kappa shape index (κ2) is 65.5. The maximum Gasteiger partial charge on any atom is 0.220 e. The molecule has 0 aliphatic carbocycles. The number of allylic oxidation sites excluding steroid dienone is 7. The average Bonchev–Trinajstić information content (AvgIpc) is 0.783. The number of carbonyl (C=O) groups excluding carboxylic acids is 1. The quantitative estimate of drug-likeness (QED) is 0.0199. The molecule has 19 nitrogen and oxygen atoms in total. The van der Waals surface area contributed by atoms with Crippen LogP contribution in [0.2, 0.25) is 0 Å². The highest BCUT2D eigenvalue weighted by Crippen LogP contribution is 2.33. The summed E-state index contributed by atoms with van der Waals surface area (Å²) in [4.78, 5) is 13.5. The molecule has 17 atom stereocenters. The Hall–Kier alpha value is -2.25. The van der Waals surface area contributed by atoms with E-state index in [-0.39, 0.29) is 18.9 Å². The van der Waals surface area contributed by atoms with Crippen LogP contribution in [0.25, 0.3) is 0 Å². The van der Waals surface area contributed by atoms with Crippen molar-refractivity contribution < 1.29 is 89.4 Å². The molecule has 3 aliphatic heterocycles. The van der Waals surface area contributed by atoms with E-state index in [1.807, 2.05) is 6.08 Å². The van der Waals surface area contributed by atoms with Gasteiger partial charge in [-0.1, -0.05) is 326 Å². The third-order valence-corrected chi connectivity index (χ3v) is 21.3. The molecule has 0 aromatic heterocycles. The number of unbranched alkanes of at least 4 members (excludes halogenated alkanes) is 47. The third-order valence-electron chi connectivity index (χ3n) is 21.3. The molecular formula is C85H157NO18. The lowest BCUT2D eigenvalue weighted by Crippen LogP contribution is -2.66. The number of hydrogen-bond donors (Lipinski definition) is 12. The smallest absolute Gasteiger partial charge is 0.220 e. The van der Waals surface area contributed by atoms with Crippen LogP contribution in [0.4, 0.5) is 0 Å². The number of aliphatic hydroxyl groups is 11. The van der Waals surface area contributed by atoms with Gasteiger partial charge in [0.25, 0.3) is 0 Å². The Morgan fingerprint density at radius 1 is 0.337 bits per heavy atom. The van der Waals surface area contributed by atoms with Gasteiger partial charge in [0.15, 0.2) is 18.9 Å². The second-order valence-electron chi connectivity index (χ2n) is 30.6. The molecule has 0 aromatic carbocycles. The normalized spacial score (nSPS) is 26.1. The summed E-state index contributed by atoms with van der Waals surface area (Å²) in [6.45, 7) is 1.76. The molecule has 3 aliphatic rings. The molecule has 12 N–H and O–H groups in total. The predicted molar refractivity (Wildman–Crippen MR) is 416 cm³/mol. The first-order chi connectivity index (χ1) is 50.8. The van der Waals surface area contributed by atoms with Gasteiger partial charge < -0.3 is 89.9 Å². The van der Waals surface area contributed by atoms with Crippen molar-refractivity contribution in [1.82, 2.24) is 5.32 Å². The van der Waals surface area contributed by atoms with Crippen molar-refractivity contribution in [3.8, 4) is 0 Å². The number of carbonyl (C=O) groups is 1. The summed E-state index contributed by atoms with van der Waals surface area (Å²) in [7, 11) is 0. The highest BCUT2D eigenvalue weighted by molar-refractivity contribution is 5.76. The first-order valence-electron chi connectivity index (χ1n) is 42.9. The van der Waals surface area contributed by atoms with Crippen LogP contribution in [-0.4, -0.2) is 193 Å². The zero-order valence-corrected chi connectivity index (χ0v) is 65.5. The summed E-state index contributed by atoms with van der Waals surface area (Å²) in [6, 6.07) is -0.997. The van der Waals surface area contributed by atoms with Gasteiger partial charge in [0.2, 0.25) is 5.91 Å². The Labute approximate surface area is 631 Å². The Morgan fingerprint density at radius 3 is 0.962 bits per heavy atom. The fourth-order valence-corrected chi connectivity index (χ4v) is 14.5. The van der Waals surface area contributed by atoms with Crippen LogP contribution in [0.15, 0.2) is 48.6 Å². The van der Waals surface area contributed by atoms with Crippen LogP contribution >= 0.6 is 0 Å².